The minimum Gasteiger partial charge on any atom is -0.479 e. The van der Waals surface area contributed by atoms with E-state index in [1.54, 1.807) is 12.1 Å². The summed E-state index contributed by atoms with van der Waals surface area (Å²) in [6.07, 6.45) is -0.773. The number of hydrogen-bond donors (Lipinski definition) is 2. The first-order valence-electron chi connectivity index (χ1n) is 5.64. The van der Waals surface area contributed by atoms with Gasteiger partial charge < -0.3 is 10.2 Å². The molecule has 0 spiro atoms. The third kappa shape index (κ3) is 3.17. The van der Waals surface area contributed by atoms with E-state index >= 15 is 0 Å². The van der Waals surface area contributed by atoms with E-state index in [0.29, 0.717) is 17.3 Å². The molecule has 1 aromatic carbocycles. The maximum atomic E-state index is 12.0. The monoisotopic (exact) mass is 314 g/mol. The molecule has 0 aliphatic heterocycles. The molecule has 2 N–H and O–H groups in total. The summed E-state index contributed by atoms with van der Waals surface area (Å²) in [5, 5.41) is 19.0. The summed E-state index contributed by atoms with van der Waals surface area (Å²) in [6, 6.07) is 4.92. The van der Waals surface area contributed by atoms with Crippen LogP contribution in [0.15, 0.2) is 18.2 Å². The van der Waals surface area contributed by atoms with Gasteiger partial charge in [0.05, 0.1) is 0 Å². The highest BCUT2D eigenvalue weighted by Crippen LogP contribution is 2.24. The van der Waals surface area contributed by atoms with Crippen LogP contribution in [0.3, 0.4) is 0 Å². The van der Waals surface area contributed by atoms with Crippen molar-refractivity contribution in [2.75, 3.05) is 5.33 Å². The number of carbonyl (C=O) groups excluding carboxylic acids is 1. The molecule has 0 amide bonds. The summed E-state index contributed by atoms with van der Waals surface area (Å²) in [6.45, 7) is 1.89. The number of benzene rings is 1. The molecule has 0 saturated carbocycles. The van der Waals surface area contributed by atoms with Gasteiger partial charge in [-0.2, -0.15) is 0 Å². The minimum absolute atomic E-state index is 0.153. The Bertz CT molecular complexity index is 456. The topological polar surface area (TPSA) is 74.6 Å². The van der Waals surface area contributed by atoms with Crippen molar-refractivity contribution in [3.63, 3.8) is 0 Å². The second kappa shape index (κ2) is 6.66. The van der Waals surface area contributed by atoms with Gasteiger partial charge >= 0.3 is 5.97 Å². The van der Waals surface area contributed by atoms with Crippen LogP contribution in [0.4, 0.5) is 0 Å². The van der Waals surface area contributed by atoms with Gasteiger partial charge in [-0.15, -0.1) is 0 Å². The lowest BCUT2D eigenvalue weighted by molar-refractivity contribution is -0.146. The molecule has 5 heteroatoms. The average molecular weight is 315 g/mol. The predicted molar refractivity (Wildman–Crippen MR) is 71.2 cm³/mol. The molecule has 0 radical (unpaired) electrons. The van der Waals surface area contributed by atoms with E-state index in [2.05, 4.69) is 15.9 Å². The molecule has 98 valence electrons. The third-order valence-electron chi connectivity index (χ3n) is 2.69. The van der Waals surface area contributed by atoms with Crippen molar-refractivity contribution in [1.29, 1.82) is 0 Å². The zero-order chi connectivity index (χ0) is 13.7. The molecule has 0 aliphatic rings. The molecule has 1 aromatic rings. The summed E-state index contributed by atoms with van der Waals surface area (Å²) in [5.74, 6) is -1.50. The molecule has 0 aliphatic carbocycles. The largest absolute Gasteiger partial charge is 0.479 e. The fourth-order valence-electron chi connectivity index (χ4n) is 1.83. The number of aliphatic carboxylic acids is 1. The summed E-state index contributed by atoms with van der Waals surface area (Å²) in [5.41, 5.74) is 1.28. The number of carboxylic acid groups (broad SMARTS) is 1. The van der Waals surface area contributed by atoms with Crippen LogP contribution in [-0.4, -0.2) is 27.3 Å². The number of Topliss-reactive ketones (excluding diaryl/α,β-unsaturated/α-hetero) is 1. The van der Waals surface area contributed by atoms with Crippen molar-refractivity contribution in [3.05, 3.63) is 34.9 Å². The van der Waals surface area contributed by atoms with E-state index in [0.717, 1.165) is 5.56 Å². The Hall–Kier alpha value is -1.20. The molecule has 1 atom stereocenters. The van der Waals surface area contributed by atoms with E-state index in [-0.39, 0.29) is 17.8 Å². The number of hydrogen-bond acceptors (Lipinski definition) is 3. The Labute approximate surface area is 114 Å². The number of aliphatic hydroxyl groups is 1. The third-order valence-corrected chi connectivity index (χ3v) is 3.09. The maximum Gasteiger partial charge on any atom is 0.337 e. The van der Waals surface area contributed by atoms with Crippen molar-refractivity contribution in [1.82, 2.24) is 0 Å². The van der Waals surface area contributed by atoms with Crippen LogP contribution in [0.2, 0.25) is 0 Å². The highest BCUT2D eigenvalue weighted by Gasteiger charge is 2.24. The van der Waals surface area contributed by atoms with Crippen molar-refractivity contribution in [2.24, 2.45) is 0 Å². The van der Waals surface area contributed by atoms with Gasteiger partial charge in [0.25, 0.3) is 0 Å². The fraction of sp³-hybridized carbons (Fsp3) is 0.385. The second-order valence-electron chi connectivity index (χ2n) is 3.84. The quantitative estimate of drug-likeness (QED) is 0.624. The molecule has 1 rings (SSSR count). The fourth-order valence-corrected chi connectivity index (χ4v) is 2.19. The van der Waals surface area contributed by atoms with Gasteiger partial charge in [0.15, 0.2) is 11.9 Å². The van der Waals surface area contributed by atoms with Gasteiger partial charge in [0.2, 0.25) is 0 Å². The number of rotatable bonds is 6. The zero-order valence-corrected chi connectivity index (χ0v) is 11.6. The lowest BCUT2D eigenvalue weighted by Crippen LogP contribution is -2.17. The Morgan fingerprint density at radius 3 is 2.56 bits per heavy atom. The van der Waals surface area contributed by atoms with Gasteiger partial charge in [0.1, 0.15) is 0 Å². The van der Waals surface area contributed by atoms with Crippen molar-refractivity contribution >= 4 is 27.7 Å². The molecule has 1 unspecified atom stereocenters. The molecular weight excluding hydrogens is 300 g/mol. The summed E-state index contributed by atoms with van der Waals surface area (Å²) in [7, 11) is 0. The van der Waals surface area contributed by atoms with E-state index < -0.39 is 12.1 Å². The molecule has 0 bridgehead atoms. The number of carbonyl (C=O) groups is 2. The predicted octanol–water partition coefficient (Wildman–Crippen LogP) is 2.33. The van der Waals surface area contributed by atoms with Crippen LogP contribution >= 0.6 is 15.9 Å². The Balaban J connectivity index is 3.33. The van der Waals surface area contributed by atoms with E-state index in [1.807, 2.05) is 6.92 Å². The second-order valence-corrected chi connectivity index (χ2v) is 4.63. The average Bonchev–Trinajstić information content (AvgIpc) is 2.36. The molecular formula is C13H15BrO4. The normalized spacial score (nSPS) is 12.2. The van der Waals surface area contributed by atoms with Gasteiger partial charge in [-0.25, -0.2) is 4.79 Å². The zero-order valence-electron chi connectivity index (χ0n) is 10.0. The van der Waals surface area contributed by atoms with Crippen LogP contribution in [-0.2, 0) is 11.2 Å². The summed E-state index contributed by atoms with van der Waals surface area (Å²) >= 11 is 3.18. The van der Waals surface area contributed by atoms with Crippen molar-refractivity contribution < 1.29 is 19.8 Å². The van der Waals surface area contributed by atoms with Crippen molar-refractivity contribution in [2.45, 2.75) is 25.9 Å². The number of halogens is 1. The number of ketones is 1. The Morgan fingerprint density at radius 2 is 2.06 bits per heavy atom. The van der Waals surface area contributed by atoms with Gasteiger partial charge in [0, 0.05) is 22.9 Å². The maximum absolute atomic E-state index is 12.0. The highest BCUT2D eigenvalue weighted by atomic mass is 79.9. The van der Waals surface area contributed by atoms with E-state index in [9.17, 15) is 14.7 Å². The first-order chi connectivity index (χ1) is 8.52. The molecule has 0 fully saturated rings. The van der Waals surface area contributed by atoms with Gasteiger partial charge in [-0.3, -0.25) is 4.79 Å². The summed E-state index contributed by atoms with van der Waals surface area (Å²) < 4.78 is 0. The standard InChI is InChI=1S/C13H15BrO4/c1-2-8-4-3-5-9(12(16)13(17)18)11(8)10(15)6-7-14/h3-5,12,16H,2,6-7H2,1H3,(H,17,18). The van der Waals surface area contributed by atoms with Crippen LogP contribution < -0.4 is 0 Å². The smallest absolute Gasteiger partial charge is 0.337 e. The van der Waals surface area contributed by atoms with Crippen LogP contribution in [0.1, 0.15) is 40.9 Å². The number of aryl methyl sites for hydroxylation is 1. The van der Waals surface area contributed by atoms with Crippen LogP contribution in [0, 0.1) is 0 Å². The minimum atomic E-state index is -1.66. The lowest BCUT2D eigenvalue weighted by atomic mass is 9.92. The Kier molecular flexibility index (Phi) is 5.50. The highest BCUT2D eigenvalue weighted by molar-refractivity contribution is 9.09. The Morgan fingerprint density at radius 1 is 1.39 bits per heavy atom. The first kappa shape index (κ1) is 14.9. The molecule has 0 saturated heterocycles. The first-order valence-corrected chi connectivity index (χ1v) is 6.76. The van der Waals surface area contributed by atoms with Gasteiger partial charge in [-0.05, 0) is 12.0 Å². The van der Waals surface area contributed by atoms with Gasteiger partial charge in [-0.1, -0.05) is 41.1 Å². The molecule has 4 nitrogen and oxygen atoms in total. The van der Waals surface area contributed by atoms with E-state index in [4.69, 9.17) is 5.11 Å². The molecule has 0 aromatic heterocycles. The van der Waals surface area contributed by atoms with E-state index in [1.165, 1.54) is 6.07 Å². The SMILES string of the molecule is CCc1cccc(C(O)C(=O)O)c1C(=O)CCBr. The lowest BCUT2D eigenvalue weighted by Gasteiger charge is -2.14. The molecule has 18 heavy (non-hydrogen) atoms. The van der Waals surface area contributed by atoms with Crippen LogP contribution in [0.25, 0.3) is 0 Å². The summed E-state index contributed by atoms with van der Waals surface area (Å²) in [4.78, 5) is 22.9. The molecule has 0 heterocycles. The number of aliphatic hydroxyl groups excluding tert-OH is 1. The number of carboxylic acids is 1. The van der Waals surface area contributed by atoms with Crippen molar-refractivity contribution in [3.8, 4) is 0 Å². The van der Waals surface area contributed by atoms with Crippen LogP contribution in [0.5, 0.6) is 0 Å². The number of alkyl halides is 1.